The third-order valence-electron chi connectivity index (χ3n) is 6.17. The van der Waals surface area contributed by atoms with Gasteiger partial charge >= 0.3 is 0 Å². The number of aromatic nitrogens is 5. The summed E-state index contributed by atoms with van der Waals surface area (Å²) < 4.78 is 3.95. The van der Waals surface area contributed by atoms with Crippen molar-refractivity contribution in [2.24, 2.45) is 0 Å². The molecule has 5 rings (SSSR count). The second kappa shape index (κ2) is 8.28. The lowest BCUT2D eigenvalue weighted by Crippen LogP contribution is -2.12. The Morgan fingerprint density at radius 2 is 1.97 bits per heavy atom. The second-order valence-corrected chi connectivity index (χ2v) is 8.81. The number of pyridine rings is 1. The van der Waals surface area contributed by atoms with Crippen LogP contribution in [0, 0.1) is 18.3 Å². The monoisotopic (exact) mass is 450 g/mol. The fourth-order valence-corrected chi connectivity index (χ4v) is 4.79. The number of nitriles is 1. The number of nitrogens with zero attached hydrogens (tertiary/aromatic N) is 7. The van der Waals surface area contributed by atoms with Crippen LogP contribution in [0.15, 0.2) is 55.0 Å². The van der Waals surface area contributed by atoms with Gasteiger partial charge in [-0.1, -0.05) is 24.3 Å². The molecule has 4 aromatic heterocycles. The quantitative estimate of drug-likeness (QED) is 0.431. The molecule has 34 heavy (non-hydrogen) atoms. The van der Waals surface area contributed by atoms with Crippen molar-refractivity contribution in [3.05, 3.63) is 77.4 Å². The zero-order chi connectivity index (χ0) is 24.0. The number of benzene rings is 1. The van der Waals surface area contributed by atoms with Gasteiger partial charge in [0.2, 0.25) is 0 Å². The standard InChI is InChI=1S/C26H26N8/c1-16-22-25(28)29-15-30-26(22)34(31-16)17(2)23-20(13-27)21-10-5-6-11-33(21)24(23)19-9-7-8-18(12-19)14-32(3)4/h5-12,15,17H,14H2,1-4H3,(H2,28,29,30). The summed E-state index contributed by atoms with van der Waals surface area (Å²) in [5.41, 5.74) is 13.2. The molecule has 0 aliphatic heterocycles. The van der Waals surface area contributed by atoms with E-state index in [9.17, 15) is 5.26 Å². The molecule has 0 spiro atoms. The number of hydrogen-bond acceptors (Lipinski definition) is 6. The highest BCUT2D eigenvalue weighted by Crippen LogP contribution is 2.38. The summed E-state index contributed by atoms with van der Waals surface area (Å²) in [5.74, 6) is 0.403. The van der Waals surface area contributed by atoms with E-state index in [1.54, 1.807) is 0 Å². The van der Waals surface area contributed by atoms with Gasteiger partial charge in [-0.05, 0) is 57.3 Å². The van der Waals surface area contributed by atoms with E-state index in [0.29, 0.717) is 17.0 Å². The maximum atomic E-state index is 10.3. The minimum absolute atomic E-state index is 0.271. The van der Waals surface area contributed by atoms with Crippen molar-refractivity contribution in [3.63, 3.8) is 0 Å². The summed E-state index contributed by atoms with van der Waals surface area (Å²) >= 11 is 0. The number of nitrogen functional groups attached to an aromatic ring is 1. The van der Waals surface area contributed by atoms with Gasteiger partial charge in [-0.3, -0.25) is 0 Å². The summed E-state index contributed by atoms with van der Waals surface area (Å²) in [6, 6.07) is 16.6. The molecule has 0 fully saturated rings. The van der Waals surface area contributed by atoms with Crippen molar-refractivity contribution >= 4 is 22.4 Å². The lowest BCUT2D eigenvalue weighted by Gasteiger charge is -2.17. The molecule has 1 aromatic carbocycles. The smallest absolute Gasteiger partial charge is 0.164 e. The van der Waals surface area contributed by atoms with Crippen molar-refractivity contribution < 1.29 is 0 Å². The Balaban J connectivity index is 1.80. The highest BCUT2D eigenvalue weighted by Gasteiger charge is 2.27. The van der Waals surface area contributed by atoms with Gasteiger partial charge in [0.05, 0.1) is 33.9 Å². The highest BCUT2D eigenvalue weighted by atomic mass is 15.3. The third-order valence-corrected chi connectivity index (χ3v) is 6.17. The predicted octanol–water partition coefficient (Wildman–Crippen LogP) is 4.18. The molecule has 170 valence electrons. The maximum Gasteiger partial charge on any atom is 0.164 e. The molecule has 0 aliphatic carbocycles. The molecule has 0 bridgehead atoms. The Morgan fingerprint density at radius 1 is 1.15 bits per heavy atom. The average molecular weight is 451 g/mol. The van der Waals surface area contributed by atoms with Crippen LogP contribution >= 0.6 is 0 Å². The molecule has 0 saturated carbocycles. The molecule has 2 N–H and O–H groups in total. The Morgan fingerprint density at radius 3 is 2.74 bits per heavy atom. The lowest BCUT2D eigenvalue weighted by atomic mass is 9.98. The van der Waals surface area contributed by atoms with Crippen LogP contribution < -0.4 is 5.73 Å². The molecule has 1 atom stereocenters. The minimum atomic E-state index is -0.271. The van der Waals surface area contributed by atoms with Crippen LogP contribution in [0.3, 0.4) is 0 Å². The molecule has 0 amide bonds. The van der Waals surface area contributed by atoms with Crippen molar-refractivity contribution in [3.8, 4) is 17.3 Å². The molecular weight excluding hydrogens is 424 g/mol. The third kappa shape index (κ3) is 3.38. The second-order valence-electron chi connectivity index (χ2n) is 8.81. The molecular formula is C26H26N8. The summed E-state index contributed by atoms with van der Waals surface area (Å²) in [6.45, 7) is 4.78. The first-order chi connectivity index (χ1) is 16.4. The number of hydrogen-bond donors (Lipinski definition) is 1. The Kier molecular flexibility index (Phi) is 5.27. The molecule has 1 unspecified atom stereocenters. The van der Waals surface area contributed by atoms with Crippen LogP contribution in [0.5, 0.6) is 0 Å². The van der Waals surface area contributed by atoms with Crippen LogP contribution in [-0.4, -0.2) is 43.1 Å². The Bertz CT molecular complexity index is 1570. The SMILES string of the molecule is Cc1nn(C(C)c2c(C#N)c3ccccn3c2-c2cccc(CN(C)C)c2)c2ncnc(N)c12. The van der Waals surface area contributed by atoms with E-state index in [2.05, 4.69) is 63.7 Å². The summed E-state index contributed by atoms with van der Waals surface area (Å²) in [7, 11) is 4.11. The molecule has 8 nitrogen and oxygen atoms in total. The van der Waals surface area contributed by atoms with Crippen molar-refractivity contribution in [2.45, 2.75) is 26.4 Å². The van der Waals surface area contributed by atoms with E-state index in [-0.39, 0.29) is 6.04 Å². The predicted molar refractivity (Wildman–Crippen MR) is 133 cm³/mol. The Labute approximate surface area is 197 Å². The molecule has 0 saturated heterocycles. The molecule has 8 heteroatoms. The van der Waals surface area contributed by atoms with Gasteiger partial charge in [-0.2, -0.15) is 10.4 Å². The van der Waals surface area contributed by atoms with Gasteiger partial charge in [-0.15, -0.1) is 0 Å². The van der Waals surface area contributed by atoms with Crippen molar-refractivity contribution in [2.75, 3.05) is 19.8 Å². The Hall–Kier alpha value is -4.22. The van der Waals surface area contributed by atoms with Crippen LogP contribution in [0.1, 0.15) is 35.3 Å². The van der Waals surface area contributed by atoms with Crippen LogP contribution in [0.2, 0.25) is 0 Å². The van der Waals surface area contributed by atoms with Crippen LogP contribution in [0.25, 0.3) is 27.8 Å². The number of nitrogens with two attached hydrogens (primary N) is 1. The first-order valence-electron chi connectivity index (χ1n) is 11.1. The fraction of sp³-hybridized carbons (Fsp3) is 0.231. The number of anilines is 1. The summed E-state index contributed by atoms with van der Waals surface area (Å²) in [5, 5.41) is 15.8. The minimum Gasteiger partial charge on any atom is -0.383 e. The van der Waals surface area contributed by atoms with Gasteiger partial charge in [0.15, 0.2) is 5.65 Å². The van der Waals surface area contributed by atoms with E-state index in [1.807, 2.05) is 42.9 Å². The van der Waals surface area contributed by atoms with E-state index < -0.39 is 0 Å². The van der Waals surface area contributed by atoms with Crippen LogP contribution in [-0.2, 0) is 6.54 Å². The van der Waals surface area contributed by atoms with E-state index >= 15 is 0 Å². The van der Waals surface area contributed by atoms with Gasteiger partial charge in [-0.25, -0.2) is 14.6 Å². The van der Waals surface area contributed by atoms with Crippen molar-refractivity contribution in [1.82, 2.24) is 29.0 Å². The van der Waals surface area contributed by atoms with Gasteiger partial charge < -0.3 is 15.0 Å². The maximum absolute atomic E-state index is 10.3. The summed E-state index contributed by atoms with van der Waals surface area (Å²) in [4.78, 5) is 10.8. The molecule has 5 aromatic rings. The number of aryl methyl sites for hydroxylation is 1. The largest absolute Gasteiger partial charge is 0.383 e. The topological polar surface area (TPSA) is 101 Å². The van der Waals surface area contributed by atoms with E-state index in [0.717, 1.165) is 40.0 Å². The van der Waals surface area contributed by atoms with E-state index in [1.165, 1.54) is 11.9 Å². The summed E-state index contributed by atoms with van der Waals surface area (Å²) in [6.07, 6.45) is 3.46. The molecule has 4 heterocycles. The molecule has 0 aliphatic rings. The normalized spacial score (nSPS) is 12.5. The van der Waals surface area contributed by atoms with E-state index in [4.69, 9.17) is 10.8 Å². The van der Waals surface area contributed by atoms with Crippen molar-refractivity contribution in [1.29, 1.82) is 5.26 Å². The first-order valence-corrected chi connectivity index (χ1v) is 11.1. The zero-order valence-corrected chi connectivity index (χ0v) is 19.7. The zero-order valence-electron chi connectivity index (χ0n) is 19.7. The fourth-order valence-electron chi connectivity index (χ4n) is 4.79. The first kappa shape index (κ1) is 21.6. The van der Waals surface area contributed by atoms with Crippen LogP contribution in [0.4, 0.5) is 5.82 Å². The van der Waals surface area contributed by atoms with Gasteiger partial charge in [0, 0.05) is 18.3 Å². The number of fused-ring (bicyclic) bond motifs is 2. The van der Waals surface area contributed by atoms with Gasteiger partial charge in [0.1, 0.15) is 18.2 Å². The lowest BCUT2D eigenvalue weighted by molar-refractivity contribution is 0.402. The average Bonchev–Trinajstić information content (AvgIpc) is 3.34. The highest BCUT2D eigenvalue weighted by molar-refractivity contribution is 5.88. The number of rotatable bonds is 5. The van der Waals surface area contributed by atoms with Gasteiger partial charge in [0.25, 0.3) is 0 Å². The molecule has 0 radical (unpaired) electrons.